The topological polar surface area (TPSA) is 83.7 Å². The van der Waals surface area contributed by atoms with E-state index in [-0.39, 0.29) is 24.2 Å². The normalized spacial score (nSPS) is 16.3. The van der Waals surface area contributed by atoms with Crippen LogP contribution in [0.4, 0.5) is 10.5 Å². The second-order valence-electron chi connectivity index (χ2n) is 7.96. The monoisotopic (exact) mass is 421 g/mol. The highest BCUT2D eigenvalue weighted by Gasteiger charge is 2.23. The lowest BCUT2D eigenvalue weighted by Gasteiger charge is -2.30. The number of benzene rings is 2. The summed E-state index contributed by atoms with van der Waals surface area (Å²) in [5.41, 5.74) is 4.01. The van der Waals surface area contributed by atoms with Crippen LogP contribution < -0.4 is 10.9 Å². The van der Waals surface area contributed by atoms with Gasteiger partial charge in [0, 0.05) is 16.8 Å². The molecule has 4 rings (SSSR count). The summed E-state index contributed by atoms with van der Waals surface area (Å²) in [6.45, 7) is 5.95. The number of urea groups is 1. The molecule has 7 nitrogen and oxygen atoms in total. The number of aromatic nitrogens is 1. The van der Waals surface area contributed by atoms with Gasteiger partial charge in [0.2, 0.25) is 0 Å². The molecular formula is C24H27N3O4. The van der Waals surface area contributed by atoms with E-state index in [1.165, 1.54) is 0 Å². The number of nitrogens with zero attached hydrogens (tertiary/aromatic N) is 1. The maximum atomic E-state index is 13.1. The minimum Gasteiger partial charge on any atom is -0.376 e. The molecule has 7 heteroatoms. The van der Waals surface area contributed by atoms with E-state index in [9.17, 15) is 9.59 Å². The number of aryl methyl sites for hydroxylation is 2. The highest BCUT2D eigenvalue weighted by atomic mass is 16.6. The number of hydrogen-bond donors (Lipinski definition) is 2. The number of H-pyrrole nitrogens is 1. The van der Waals surface area contributed by atoms with Crippen molar-refractivity contribution in [3.05, 3.63) is 75.6 Å². The lowest BCUT2D eigenvalue weighted by Crippen LogP contribution is -2.44. The molecule has 0 radical (unpaired) electrons. The molecule has 2 amide bonds. The SMILES string of the molecule is Cc1ccc(NC(=O)N(Cc2cc3cc(C)ccc3[nH]c2=O)C[C@@H]2COCCO2)cc1. The highest BCUT2D eigenvalue weighted by Crippen LogP contribution is 2.16. The molecule has 1 aromatic heterocycles. The summed E-state index contributed by atoms with van der Waals surface area (Å²) in [6, 6.07) is 15.0. The fourth-order valence-corrected chi connectivity index (χ4v) is 3.64. The van der Waals surface area contributed by atoms with Gasteiger partial charge < -0.3 is 24.7 Å². The highest BCUT2D eigenvalue weighted by molar-refractivity contribution is 5.89. The second kappa shape index (κ2) is 9.32. The molecule has 3 aromatic rings. The van der Waals surface area contributed by atoms with Crippen molar-refractivity contribution < 1.29 is 14.3 Å². The Kier molecular flexibility index (Phi) is 6.34. The standard InChI is InChI=1S/C24H27N3O4/c1-16-3-6-20(7-4-16)25-24(29)27(14-21-15-30-9-10-31-21)13-19-12-18-11-17(2)5-8-22(18)26-23(19)28/h3-8,11-12,21H,9-10,13-15H2,1-2H3,(H,25,29)(H,26,28)/t21-/m1/s1. The zero-order chi connectivity index (χ0) is 21.8. The third-order valence-electron chi connectivity index (χ3n) is 5.34. The van der Waals surface area contributed by atoms with Crippen LogP contribution >= 0.6 is 0 Å². The van der Waals surface area contributed by atoms with Crippen molar-refractivity contribution in [2.75, 3.05) is 31.7 Å². The van der Waals surface area contributed by atoms with Gasteiger partial charge in [-0.3, -0.25) is 4.79 Å². The average Bonchev–Trinajstić information content (AvgIpc) is 2.76. The van der Waals surface area contributed by atoms with Gasteiger partial charge >= 0.3 is 6.03 Å². The van der Waals surface area contributed by atoms with Crippen LogP contribution in [0.2, 0.25) is 0 Å². The van der Waals surface area contributed by atoms with Gasteiger partial charge in [0.1, 0.15) is 0 Å². The average molecular weight is 421 g/mol. The number of pyridine rings is 1. The molecule has 2 heterocycles. The predicted octanol–water partition coefficient (Wildman–Crippen LogP) is 3.59. The fourth-order valence-electron chi connectivity index (χ4n) is 3.64. The number of carbonyl (C=O) groups is 1. The number of carbonyl (C=O) groups excluding carboxylic acids is 1. The summed E-state index contributed by atoms with van der Waals surface area (Å²) in [4.78, 5) is 30.3. The van der Waals surface area contributed by atoms with Crippen molar-refractivity contribution in [3.63, 3.8) is 0 Å². The molecule has 2 N–H and O–H groups in total. The van der Waals surface area contributed by atoms with Crippen molar-refractivity contribution >= 4 is 22.6 Å². The maximum absolute atomic E-state index is 13.1. The Morgan fingerprint density at radius 1 is 1.10 bits per heavy atom. The minimum atomic E-state index is -0.290. The number of fused-ring (bicyclic) bond motifs is 1. The predicted molar refractivity (Wildman–Crippen MR) is 120 cm³/mol. The number of hydrogen-bond acceptors (Lipinski definition) is 4. The van der Waals surface area contributed by atoms with E-state index in [1.54, 1.807) is 4.90 Å². The van der Waals surface area contributed by atoms with E-state index in [2.05, 4.69) is 10.3 Å². The van der Waals surface area contributed by atoms with Crippen LogP contribution in [0.3, 0.4) is 0 Å². The molecule has 0 unspecified atom stereocenters. The lowest BCUT2D eigenvalue weighted by atomic mass is 10.1. The first-order chi connectivity index (χ1) is 15.0. The van der Waals surface area contributed by atoms with Gasteiger partial charge in [-0.1, -0.05) is 29.3 Å². The van der Waals surface area contributed by atoms with Crippen LogP contribution in [-0.2, 0) is 16.0 Å². The Hall–Kier alpha value is -3.16. The molecule has 1 saturated heterocycles. The number of aromatic amines is 1. The number of ether oxygens (including phenoxy) is 2. The van der Waals surface area contributed by atoms with Crippen LogP contribution in [0, 0.1) is 13.8 Å². The number of rotatable bonds is 5. The van der Waals surface area contributed by atoms with E-state index in [4.69, 9.17) is 9.47 Å². The van der Waals surface area contributed by atoms with E-state index in [1.807, 2.05) is 62.4 Å². The molecule has 1 fully saturated rings. The summed E-state index contributed by atoms with van der Waals surface area (Å²) in [6.07, 6.45) is -0.237. The van der Waals surface area contributed by atoms with Crippen molar-refractivity contribution in [1.29, 1.82) is 0 Å². The molecule has 0 aliphatic carbocycles. The lowest BCUT2D eigenvalue weighted by molar-refractivity contribution is -0.0943. The molecule has 0 bridgehead atoms. The summed E-state index contributed by atoms with van der Waals surface area (Å²) in [5, 5.41) is 3.86. The van der Waals surface area contributed by atoms with Gasteiger partial charge in [-0.2, -0.15) is 0 Å². The molecular weight excluding hydrogens is 394 g/mol. The Morgan fingerprint density at radius 3 is 2.61 bits per heavy atom. The Morgan fingerprint density at radius 2 is 1.87 bits per heavy atom. The third kappa shape index (κ3) is 5.31. The summed E-state index contributed by atoms with van der Waals surface area (Å²) in [7, 11) is 0. The molecule has 162 valence electrons. The van der Waals surface area contributed by atoms with E-state index in [0.29, 0.717) is 37.6 Å². The van der Waals surface area contributed by atoms with Crippen LogP contribution in [-0.4, -0.2) is 48.4 Å². The van der Waals surface area contributed by atoms with Crippen LogP contribution in [0.25, 0.3) is 10.9 Å². The van der Waals surface area contributed by atoms with Crippen LogP contribution in [0.5, 0.6) is 0 Å². The maximum Gasteiger partial charge on any atom is 0.322 e. The molecule has 1 aliphatic heterocycles. The van der Waals surface area contributed by atoms with Crippen LogP contribution in [0.1, 0.15) is 16.7 Å². The minimum absolute atomic E-state index is 0.163. The van der Waals surface area contributed by atoms with Gasteiger partial charge in [-0.25, -0.2) is 4.79 Å². The smallest absolute Gasteiger partial charge is 0.322 e. The van der Waals surface area contributed by atoms with Crippen molar-refractivity contribution in [2.45, 2.75) is 26.5 Å². The number of anilines is 1. The quantitative estimate of drug-likeness (QED) is 0.659. The van der Waals surface area contributed by atoms with E-state index >= 15 is 0 Å². The number of amides is 2. The third-order valence-corrected chi connectivity index (χ3v) is 5.34. The first kappa shape index (κ1) is 21.1. The van der Waals surface area contributed by atoms with Crippen molar-refractivity contribution in [1.82, 2.24) is 9.88 Å². The molecule has 1 atom stereocenters. The van der Waals surface area contributed by atoms with E-state index < -0.39 is 0 Å². The molecule has 0 spiro atoms. The van der Waals surface area contributed by atoms with E-state index in [0.717, 1.165) is 22.0 Å². The second-order valence-corrected chi connectivity index (χ2v) is 7.96. The van der Waals surface area contributed by atoms with Gasteiger partial charge in [-0.15, -0.1) is 0 Å². The molecule has 31 heavy (non-hydrogen) atoms. The number of nitrogens with one attached hydrogen (secondary N) is 2. The summed E-state index contributed by atoms with van der Waals surface area (Å²) in [5.74, 6) is 0. The van der Waals surface area contributed by atoms with Gasteiger partial charge in [-0.05, 0) is 49.6 Å². The molecule has 0 saturated carbocycles. The van der Waals surface area contributed by atoms with Crippen molar-refractivity contribution in [2.24, 2.45) is 0 Å². The van der Waals surface area contributed by atoms with Gasteiger partial charge in [0.05, 0.1) is 39.0 Å². The largest absolute Gasteiger partial charge is 0.376 e. The zero-order valence-corrected chi connectivity index (χ0v) is 17.8. The van der Waals surface area contributed by atoms with Gasteiger partial charge in [0.25, 0.3) is 5.56 Å². The summed E-state index contributed by atoms with van der Waals surface area (Å²) < 4.78 is 11.2. The summed E-state index contributed by atoms with van der Waals surface area (Å²) >= 11 is 0. The fraction of sp³-hybridized carbons (Fsp3) is 0.333. The van der Waals surface area contributed by atoms with Crippen molar-refractivity contribution in [3.8, 4) is 0 Å². The first-order valence-electron chi connectivity index (χ1n) is 10.4. The van der Waals surface area contributed by atoms with Crippen LogP contribution in [0.15, 0.2) is 53.3 Å². The first-order valence-corrected chi connectivity index (χ1v) is 10.4. The Labute approximate surface area is 181 Å². The molecule has 1 aliphatic rings. The zero-order valence-electron chi connectivity index (χ0n) is 17.8. The Bertz CT molecular complexity index is 1120. The molecule has 2 aromatic carbocycles. The Balaban J connectivity index is 1.59. The van der Waals surface area contributed by atoms with Gasteiger partial charge in [0.15, 0.2) is 0 Å².